The summed E-state index contributed by atoms with van der Waals surface area (Å²) in [6.45, 7) is 8.84. The fourth-order valence-electron chi connectivity index (χ4n) is 1.94. The Morgan fingerprint density at radius 3 is 2.32 bits per heavy atom. The van der Waals surface area contributed by atoms with Crippen LogP contribution in [-0.4, -0.2) is 36.5 Å². The highest BCUT2D eigenvalue weighted by Crippen LogP contribution is 2.12. The second kappa shape index (κ2) is 9.98. The van der Waals surface area contributed by atoms with Gasteiger partial charge in [-0.05, 0) is 37.1 Å². The Kier molecular flexibility index (Phi) is 8.34. The molecule has 2 atom stereocenters. The van der Waals surface area contributed by atoms with Gasteiger partial charge in [-0.1, -0.05) is 35.9 Å². The van der Waals surface area contributed by atoms with E-state index in [-0.39, 0.29) is 18.4 Å². The number of ether oxygens (including phenoxy) is 1. The highest BCUT2D eigenvalue weighted by atomic mass is 79.9. The van der Waals surface area contributed by atoms with Crippen LogP contribution in [0.5, 0.6) is 0 Å². The minimum Gasteiger partial charge on any atom is -0.451 e. The lowest BCUT2D eigenvalue weighted by molar-refractivity contribution is -0.157. The maximum atomic E-state index is 12.3. The molecule has 0 spiro atoms. The summed E-state index contributed by atoms with van der Waals surface area (Å²) in [4.78, 5) is 36.4. The molecule has 0 aromatic heterocycles. The van der Waals surface area contributed by atoms with Crippen molar-refractivity contribution in [3.8, 4) is 0 Å². The fraction of sp³-hybridized carbons (Fsp3) is 0.389. The zero-order chi connectivity index (χ0) is 19.0. The molecule has 0 fully saturated rings. The number of carbonyl (C=O) groups is 3. The number of benzene rings is 1. The van der Waals surface area contributed by atoms with Crippen LogP contribution in [0.1, 0.15) is 31.1 Å². The van der Waals surface area contributed by atoms with E-state index in [2.05, 4.69) is 33.1 Å². The monoisotopic (exact) mass is 410 g/mol. The molecule has 1 aromatic rings. The van der Waals surface area contributed by atoms with Crippen molar-refractivity contribution in [2.45, 2.75) is 32.9 Å². The number of hydrogen-bond acceptors (Lipinski definition) is 4. The molecule has 1 rings (SSSR count). The zero-order valence-corrected chi connectivity index (χ0v) is 16.1. The average molecular weight is 411 g/mol. The van der Waals surface area contributed by atoms with Crippen LogP contribution in [0.4, 0.5) is 0 Å². The first-order valence-corrected chi connectivity index (χ1v) is 8.71. The first-order valence-electron chi connectivity index (χ1n) is 7.91. The largest absolute Gasteiger partial charge is 0.451 e. The number of halogens is 1. The Bertz CT molecular complexity index is 628. The lowest BCUT2D eigenvalue weighted by atomic mass is 10.0. The maximum Gasteiger partial charge on any atom is 0.329 e. The van der Waals surface area contributed by atoms with Crippen molar-refractivity contribution in [1.29, 1.82) is 0 Å². The lowest BCUT2D eigenvalue weighted by Crippen LogP contribution is -2.47. The number of amides is 2. The van der Waals surface area contributed by atoms with Gasteiger partial charge in [0, 0.05) is 16.6 Å². The molecular weight excluding hydrogens is 388 g/mol. The van der Waals surface area contributed by atoms with Gasteiger partial charge in [0.1, 0.15) is 6.04 Å². The molecule has 0 aliphatic carbocycles. The van der Waals surface area contributed by atoms with Crippen molar-refractivity contribution in [3.05, 3.63) is 47.0 Å². The highest BCUT2D eigenvalue weighted by Gasteiger charge is 2.29. The molecule has 0 aliphatic heterocycles. The molecule has 1 aromatic carbocycles. The molecule has 0 saturated heterocycles. The SMILES string of the molecule is C=CCNC(=O)[C@@H](C)OC(=O)[C@@H](NC(=O)c1ccc(Br)cc1)C(C)C. The average Bonchev–Trinajstić information content (AvgIpc) is 2.57. The topological polar surface area (TPSA) is 84.5 Å². The van der Waals surface area contributed by atoms with Crippen LogP contribution in [0, 0.1) is 5.92 Å². The predicted octanol–water partition coefficient (Wildman–Crippen LogP) is 2.44. The van der Waals surface area contributed by atoms with Gasteiger partial charge < -0.3 is 15.4 Å². The Morgan fingerprint density at radius 1 is 1.20 bits per heavy atom. The van der Waals surface area contributed by atoms with Crippen LogP contribution >= 0.6 is 15.9 Å². The van der Waals surface area contributed by atoms with Crippen molar-refractivity contribution >= 4 is 33.7 Å². The van der Waals surface area contributed by atoms with Gasteiger partial charge in [-0.2, -0.15) is 0 Å². The number of hydrogen-bond donors (Lipinski definition) is 2. The zero-order valence-electron chi connectivity index (χ0n) is 14.5. The molecule has 0 heterocycles. The van der Waals surface area contributed by atoms with Gasteiger partial charge in [0.15, 0.2) is 6.10 Å². The Hall–Kier alpha value is -2.15. The van der Waals surface area contributed by atoms with Crippen molar-refractivity contribution in [1.82, 2.24) is 10.6 Å². The van der Waals surface area contributed by atoms with Gasteiger partial charge in [0.05, 0.1) is 0 Å². The number of carbonyl (C=O) groups excluding carboxylic acids is 3. The van der Waals surface area contributed by atoms with Crippen molar-refractivity contribution in [2.75, 3.05) is 6.54 Å². The van der Waals surface area contributed by atoms with Crippen molar-refractivity contribution < 1.29 is 19.1 Å². The molecule has 0 saturated carbocycles. The summed E-state index contributed by atoms with van der Waals surface area (Å²) in [5.74, 6) is -1.65. The fourth-order valence-corrected chi connectivity index (χ4v) is 2.21. The third-order valence-electron chi connectivity index (χ3n) is 3.40. The van der Waals surface area contributed by atoms with E-state index in [9.17, 15) is 14.4 Å². The number of esters is 1. The molecule has 7 heteroatoms. The van der Waals surface area contributed by atoms with Gasteiger partial charge in [0.25, 0.3) is 11.8 Å². The van der Waals surface area contributed by atoms with Crippen LogP contribution < -0.4 is 10.6 Å². The summed E-state index contributed by atoms with van der Waals surface area (Å²) in [7, 11) is 0. The quantitative estimate of drug-likeness (QED) is 0.509. The van der Waals surface area contributed by atoms with E-state index in [1.807, 2.05) is 0 Å². The first-order chi connectivity index (χ1) is 11.8. The smallest absolute Gasteiger partial charge is 0.329 e. The van der Waals surface area contributed by atoms with Crippen molar-refractivity contribution in [3.63, 3.8) is 0 Å². The van der Waals surface area contributed by atoms with E-state index in [1.54, 1.807) is 38.1 Å². The summed E-state index contributed by atoms with van der Waals surface area (Å²) in [5, 5.41) is 5.21. The second-order valence-corrected chi connectivity index (χ2v) is 6.73. The maximum absolute atomic E-state index is 12.3. The van der Waals surface area contributed by atoms with Crippen LogP contribution in [0.3, 0.4) is 0 Å². The van der Waals surface area contributed by atoms with Gasteiger partial charge >= 0.3 is 5.97 Å². The van der Waals surface area contributed by atoms with Gasteiger partial charge in [-0.15, -0.1) is 6.58 Å². The number of nitrogens with one attached hydrogen (secondary N) is 2. The van der Waals surface area contributed by atoms with E-state index >= 15 is 0 Å². The molecule has 136 valence electrons. The first kappa shape index (κ1) is 20.9. The summed E-state index contributed by atoms with van der Waals surface area (Å²) in [6, 6.07) is 5.92. The van der Waals surface area contributed by atoms with E-state index < -0.39 is 24.0 Å². The lowest BCUT2D eigenvalue weighted by Gasteiger charge is -2.23. The molecule has 0 aliphatic rings. The van der Waals surface area contributed by atoms with Gasteiger partial charge in [-0.3, -0.25) is 9.59 Å². The number of rotatable bonds is 8. The summed E-state index contributed by atoms with van der Waals surface area (Å²) in [6.07, 6.45) is 0.570. The Morgan fingerprint density at radius 2 is 1.80 bits per heavy atom. The third-order valence-corrected chi connectivity index (χ3v) is 3.93. The summed E-state index contributed by atoms with van der Waals surface area (Å²) in [5.41, 5.74) is 0.429. The van der Waals surface area contributed by atoms with E-state index in [0.29, 0.717) is 5.56 Å². The van der Waals surface area contributed by atoms with E-state index in [4.69, 9.17) is 4.74 Å². The van der Waals surface area contributed by atoms with Gasteiger partial charge in [0.2, 0.25) is 0 Å². The van der Waals surface area contributed by atoms with Gasteiger partial charge in [-0.25, -0.2) is 4.79 Å². The standard InChI is InChI=1S/C18H23BrN2O4/c1-5-10-20-16(22)12(4)25-18(24)15(11(2)3)21-17(23)13-6-8-14(19)9-7-13/h5-9,11-12,15H,1,10H2,2-4H3,(H,20,22)(H,21,23)/t12-,15+/m1/s1. The van der Waals surface area contributed by atoms with Crippen LogP contribution in [0.25, 0.3) is 0 Å². The van der Waals surface area contributed by atoms with Crippen LogP contribution in [0.2, 0.25) is 0 Å². The molecule has 25 heavy (non-hydrogen) atoms. The molecule has 2 N–H and O–H groups in total. The van der Waals surface area contributed by atoms with Crippen LogP contribution in [-0.2, 0) is 14.3 Å². The Labute approximate surface area is 156 Å². The third kappa shape index (κ3) is 6.70. The van der Waals surface area contributed by atoms with E-state index in [0.717, 1.165) is 4.47 Å². The molecule has 6 nitrogen and oxygen atoms in total. The second-order valence-electron chi connectivity index (χ2n) is 5.81. The summed E-state index contributed by atoms with van der Waals surface area (Å²) < 4.78 is 6.03. The Balaban J connectivity index is 2.73. The summed E-state index contributed by atoms with van der Waals surface area (Å²) >= 11 is 3.30. The molecular formula is C18H23BrN2O4. The predicted molar refractivity (Wildman–Crippen MR) is 99.0 cm³/mol. The highest BCUT2D eigenvalue weighted by molar-refractivity contribution is 9.10. The molecule has 2 amide bonds. The van der Waals surface area contributed by atoms with Crippen molar-refractivity contribution in [2.24, 2.45) is 5.92 Å². The molecule has 0 radical (unpaired) electrons. The molecule has 0 bridgehead atoms. The minimum atomic E-state index is -0.960. The normalized spacial score (nSPS) is 12.8. The molecule has 0 unspecified atom stereocenters. The minimum absolute atomic E-state index is 0.199. The van der Waals surface area contributed by atoms with Crippen LogP contribution in [0.15, 0.2) is 41.4 Å². The van der Waals surface area contributed by atoms with E-state index in [1.165, 1.54) is 13.0 Å².